The van der Waals surface area contributed by atoms with Gasteiger partial charge in [-0.3, -0.25) is 9.93 Å². The summed E-state index contributed by atoms with van der Waals surface area (Å²) in [5, 5.41) is 10.7. The number of amides is 2. The minimum Gasteiger partial charge on any atom is -0.444 e. The summed E-state index contributed by atoms with van der Waals surface area (Å²) in [7, 11) is 0. The molecular weight excluding hydrogens is 290 g/mol. The van der Waals surface area contributed by atoms with Gasteiger partial charge in [0.1, 0.15) is 5.60 Å². The molecule has 1 aromatic rings. The standard InChI is InChI=1S/C14H21N3O3S/c1-14(2,3)20-13(19)16-8-7-12(18)17-10-5-4-6-11(9-10)21-15/h4-6,9H,7-8,15H2,1-3H3,(H,16,19)(H,17,18). The predicted octanol–water partition coefficient (Wildman–Crippen LogP) is 2.51. The molecule has 0 atom stereocenters. The Hall–Kier alpha value is -1.73. The molecule has 21 heavy (non-hydrogen) atoms. The average molecular weight is 311 g/mol. The first-order chi connectivity index (χ1) is 9.80. The Morgan fingerprint density at radius 3 is 2.67 bits per heavy atom. The van der Waals surface area contributed by atoms with Gasteiger partial charge in [-0.15, -0.1) is 0 Å². The normalized spacial score (nSPS) is 10.9. The molecule has 0 fully saturated rings. The van der Waals surface area contributed by atoms with E-state index >= 15 is 0 Å². The molecule has 4 N–H and O–H groups in total. The Bertz CT molecular complexity index is 500. The average Bonchev–Trinajstić information content (AvgIpc) is 2.36. The van der Waals surface area contributed by atoms with E-state index in [4.69, 9.17) is 9.88 Å². The van der Waals surface area contributed by atoms with Gasteiger partial charge >= 0.3 is 6.09 Å². The molecule has 0 aliphatic carbocycles. The highest BCUT2D eigenvalue weighted by Gasteiger charge is 2.15. The second-order valence-corrected chi connectivity index (χ2v) is 6.08. The molecule has 0 aliphatic rings. The topological polar surface area (TPSA) is 93.4 Å². The number of alkyl carbamates (subject to hydrolysis) is 1. The number of nitrogens with one attached hydrogen (secondary N) is 2. The van der Waals surface area contributed by atoms with Gasteiger partial charge in [0.15, 0.2) is 0 Å². The van der Waals surface area contributed by atoms with Gasteiger partial charge in [-0.1, -0.05) is 6.07 Å². The molecule has 0 spiro atoms. The number of carbonyl (C=O) groups excluding carboxylic acids is 2. The Morgan fingerprint density at radius 2 is 2.05 bits per heavy atom. The van der Waals surface area contributed by atoms with Crippen LogP contribution in [0.4, 0.5) is 10.5 Å². The summed E-state index contributed by atoms with van der Waals surface area (Å²) in [4.78, 5) is 24.0. The van der Waals surface area contributed by atoms with Gasteiger partial charge in [0.2, 0.25) is 5.91 Å². The van der Waals surface area contributed by atoms with Crippen molar-refractivity contribution < 1.29 is 14.3 Å². The highest BCUT2D eigenvalue weighted by atomic mass is 32.2. The van der Waals surface area contributed by atoms with Crippen molar-refractivity contribution >= 4 is 29.6 Å². The van der Waals surface area contributed by atoms with Crippen LogP contribution in [-0.4, -0.2) is 24.1 Å². The molecule has 0 aliphatic heterocycles. The van der Waals surface area contributed by atoms with Crippen molar-refractivity contribution in [2.24, 2.45) is 5.14 Å². The minimum atomic E-state index is -0.549. The number of carbonyl (C=O) groups is 2. The van der Waals surface area contributed by atoms with Crippen LogP contribution < -0.4 is 15.8 Å². The summed E-state index contributed by atoms with van der Waals surface area (Å²) in [5.41, 5.74) is 0.125. The van der Waals surface area contributed by atoms with Gasteiger partial charge in [-0.05, 0) is 50.9 Å². The molecule has 116 valence electrons. The van der Waals surface area contributed by atoms with Crippen molar-refractivity contribution in [3.8, 4) is 0 Å². The zero-order chi connectivity index (χ0) is 15.9. The third-order valence-electron chi connectivity index (χ3n) is 2.27. The maximum atomic E-state index is 11.7. The molecule has 0 unspecified atom stereocenters. The van der Waals surface area contributed by atoms with Crippen molar-refractivity contribution in [2.45, 2.75) is 37.7 Å². The highest BCUT2D eigenvalue weighted by Crippen LogP contribution is 2.17. The summed E-state index contributed by atoms with van der Waals surface area (Å²) < 4.78 is 5.07. The Balaban J connectivity index is 2.32. The molecule has 1 aromatic carbocycles. The Labute approximate surface area is 128 Å². The molecule has 0 heterocycles. The third-order valence-corrected chi connectivity index (χ3v) is 2.80. The molecule has 1 rings (SSSR count). The highest BCUT2D eigenvalue weighted by molar-refractivity contribution is 7.97. The quantitative estimate of drug-likeness (QED) is 0.726. The van der Waals surface area contributed by atoms with Crippen molar-refractivity contribution in [3.63, 3.8) is 0 Å². The van der Waals surface area contributed by atoms with Crippen LogP contribution >= 0.6 is 11.9 Å². The maximum absolute atomic E-state index is 11.7. The SMILES string of the molecule is CC(C)(C)OC(=O)NCCC(=O)Nc1cccc(SN)c1. The number of nitrogens with two attached hydrogens (primary N) is 1. The summed E-state index contributed by atoms with van der Waals surface area (Å²) in [6.45, 7) is 5.55. The number of ether oxygens (including phenoxy) is 1. The summed E-state index contributed by atoms with van der Waals surface area (Å²) in [5.74, 6) is -0.190. The lowest BCUT2D eigenvalue weighted by Crippen LogP contribution is -2.34. The predicted molar refractivity (Wildman–Crippen MR) is 84.0 cm³/mol. The van der Waals surface area contributed by atoms with E-state index in [0.717, 1.165) is 16.8 Å². The number of hydrogen-bond donors (Lipinski definition) is 3. The first-order valence-electron chi connectivity index (χ1n) is 6.53. The van der Waals surface area contributed by atoms with Crippen molar-refractivity contribution in [1.82, 2.24) is 5.32 Å². The first-order valence-corrected chi connectivity index (χ1v) is 7.41. The fourth-order valence-corrected chi connectivity index (χ4v) is 1.82. The largest absolute Gasteiger partial charge is 0.444 e. The number of hydrogen-bond acceptors (Lipinski definition) is 5. The lowest BCUT2D eigenvalue weighted by Gasteiger charge is -2.19. The van der Waals surface area contributed by atoms with E-state index in [0.29, 0.717) is 5.69 Å². The molecule has 0 aromatic heterocycles. The number of anilines is 1. The van der Waals surface area contributed by atoms with Crippen LogP contribution in [0.2, 0.25) is 0 Å². The van der Waals surface area contributed by atoms with Crippen LogP contribution in [0, 0.1) is 0 Å². The second-order valence-electron chi connectivity index (χ2n) is 5.37. The van der Waals surface area contributed by atoms with Gasteiger partial charge in [-0.25, -0.2) is 4.79 Å². The van der Waals surface area contributed by atoms with E-state index in [1.165, 1.54) is 0 Å². The maximum Gasteiger partial charge on any atom is 0.407 e. The van der Waals surface area contributed by atoms with E-state index in [9.17, 15) is 9.59 Å². The van der Waals surface area contributed by atoms with Crippen LogP contribution in [-0.2, 0) is 9.53 Å². The minimum absolute atomic E-state index is 0.166. The van der Waals surface area contributed by atoms with Crippen LogP contribution in [0.5, 0.6) is 0 Å². The number of rotatable bonds is 5. The molecule has 0 radical (unpaired) electrons. The lowest BCUT2D eigenvalue weighted by molar-refractivity contribution is -0.116. The van der Waals surface area contributed by atoms with Crippen LogP contribution in [0.25, 0.3) is 0 Å². The molecule has 2 amide bonds. The summed E-state index contributed by atoms with van der Waals surface area (Å²) >= 11 is 1.11. The van der Waals surface area contributed by atoms with E-state index in [-0.39, 0.29) is 18.9 Å². The molecule has 0 saturated heterocycles. The molecule has 0 saturated carbocycles. The summed E-state index contributed by atoms with van der Waals surface area (Å²) in [6.07, 6.45) is -0.365. The molecule has 7 heteroatoms. The third kappa shape index (κ3) is 7.57. The molecule has 6 nitrogen and oxygen atoms in total. The van der Waals surface area contributed by atoms with Crippen molar-refractivity contribution in [3.05, 3.63) is 24.3 Å². The van der Waals surface area contributed by atoms with Gasteiger partial charge in [0.05, 0.1) is 0 Å². The van der Waals surface area contributed by atoms with E-state index < -0.39 is 11.7 Å². The van der Waals surface area contributed by atoms with Gasteiger partial charge in [-0.2, -0.15) is 0 Å². The van der Waals surface area contributed by atoms with Crippen LogP contribution in [0.1, 0.15) is 27.2 Å². The molecule has 0 bridgehead atoms. The van der Waals surface area contributed by atoms with Crippen LogP contribution in [0.3, 0.4) is 0 Å². The van der Waals surface area contributed by atoms with Crippen LogP contribution in [0.15, 0.2) is 29.2 Å². The first kappa shape index (κ1) is 17.3. The zero-order valence-electron chi connectivity index (χ0n) is 12.4. The van der Waals surface area contributed by atoms with E-state index in [1.54, 1.807) is 32.9 Å². The smallest absolute Gasteiger partial charge is 0.407 e. The van der Waals surface area contributed by atoms with Gasteiger partial charge in [0, 0.05) is 23.5 Å². The van der Waals surface area contributed by atoms with Crippen molar-refractivity contribution in [2.75, 3.05) is 11.9 Å². The second kappa shape index (κ2) is 7.90. The number of benzene rings is 1. The molecular formula is C14H21N3O3S. The summed E-state index contributed by atoms with van der Waals surface area (Å²) in [6, 6.07) is 7.22. The monoisotopic (exact) mass is 311 g/mol. The van der Waals surface area contributed by atoms with E-state index in [1.807, 2.05) is 12.1 Å². The van der Waals surface area contributed by atoms with E-state index in [2.05, 4.69) is 10.6 Å². The Morgan fingerprint density at radius 1 is 1.33 bits per heavy atom. The fourth-order valence-electron chi connectivity index (χ4n) is 1.46. The Kier molecular flexibility index (Phi) is 6.51. The van der Waals surface area contributed by atoms with Gasteiger partial charge < -0.3 is 15.4 Å². The lowest BCUT2D eigenvalue weighted by atomic mass is 10.2. The fraction of sp³-hybridized carbons (Fsp3) is 0.429. The zero-order valence-corrected chi connectivity index (χ0v) is 13.3. The van der Waals surface area contributed by atoms with Gasteiger partial charge in [0.25, 0.3) is 0 Å². The van der Waals surface area contributed by atoms with Crippen molar-refractivity contribution in [1.29, 1.82) is 0 Å².